The van der Waals surface area contributed by atoms with Crippen molar-refractivity contribution in [1.82, 2.24) is 5.32 Å². The van der Waals surface area contributed by atoms with Gasteiger partial charge in [-0.3, -0.25) is 0 Å². The summed E-state index contributed by atoms with van der Waals surface area (Å²) in [4.78, 5) is 0. The SMILES string of the molecule is COC1CC2CCCC1N2. The van der Waals surface area contributed by atoms with Crippen molar-refractivity contribution in [2.75, 3.05) is 7.11 Å². The summed E-state index contributed by atoms with van der Waals surface area (Å²) in [7, 11) is 1.83. The zero-order valence-corrected chi connectivity index (χ0v) is 6.47. The van der Waals surface area contributed by atoms with Crippen molar-refractivity contribution in [3.05, 3.63) is 0 Å². The van der Waals surface area contributed by atoms with Crippen LogP contribution in [0.4, 0.5) is 0 Å². The number of hydrogen-bond donors (Lipinski definition) is 1. The first-order chi connectivity index (χ1) is 4.90. The predicted molar refractivity (Wildman–Crippen MR) is 40.0 cm³/mol. The molecule has 3 unspecified atom stereocenters. The molecule has 0 aromatic rings. The highest BCUT2D eigenvalue weighted by Gasteiger charge is 2.36. The summed E-state index contributed by atoms with van der Waals surface area (Å²) in [5.41, 5.74) is 0. The van der Waals surface area contributed by atoms with Crippen molar-refractivity contribution in [1.29, 1.82) is 0 Å². The average Bonchev–Trinajstić information content (AvgIpc) is 2.26. The van der Waals surface area contributed by atoms with E-state index in [0.717, 1.165) is 6.04 Å². The van der Waals surface area contributed by atoms with E-state index in [2.05, 4.69) is 5.32 Å². The Labute approximate surface area is 61.9 Å². The molecule has 2 fully saturated rings. The number of fused-ring (bicyclic) bond motifs is 2. The fourth-order valence-corrected chi connectivity index (χ4v) is 2.24. The van der Waals surface area contributed by atoms with Crippen LogP contribution in [0.5, 0.6) is 0 Å². The topological polar surface area (TPSA) is 21.3 Å². The van der Waals surface area contributed by atoms with Gasteiger partial charge in [-0.1, -0.05) is 6.42 Å². The van der Waals surface area contributed by atoms with E-state index in [1.807, 2.05) is 7.11 Å². The molecule has 0 spiro atoms. The number of hydrogen-bond acceptors (Lipinski definition) is 2. The van der Waals surface area contributed by atoms with E-state index in [0.29, 0.717) is 12.1 Å². The summed E-state index contributed by atoms with van der Waals surface area (Å²) in [5.74, 6) is 0. The van der Waals surface area contributed by atoms with Gasteiger partial charge in [0.25, 0.3) is 0 Å². The second kappa shape index (κ2) is 2.51. The lowest BCUT2D eigenvalue weighted by molar-refractivity contribution is 0.0905. The monoisotopic (exact) mass is 141 g/mol. The fourth-order valence-electron chi connectivity index (χ4n) is 2.24. The number of piperidine rings is 1. The molecule has 0 aromatic carbocycles. The van der Waals surface area contributed by atoms with Gasteiger partial charge in [0.15, 0.2) is 0 Å². The average molecular weight is 141 g/mol. The maximum atomic E-state index is 5.36. The number of methoxy groups -OCH3 is 1. The molecule has 10 heavy (non-hydrogen) atoms. The van der Waals surface area contributed by atoms with Gasteiger partial charge < -0.3 is 10.1 Å². The molecule has 1 N–H and O–H groups in total. The maximum absolute atomic E-state index is 5.36. The summed E-state index contributed by atoms with van der Waals surface area (Å²) >= 11 is 0. The number of nitrogens with one attached hydrogen (secondary N) is 1. The highest BCUT2D eigenvalue weighted by atomic mass is 16.5. The van der Waals surface area contributed by atoms with Gasteiger partial charge in [-0.25, -0.2) is 0 Å². The van der Waals surface area contributed by atoms with E-state index in [4.69, 9.17) is 4.74 Å². The largest absolute Gasteiger partial charge is 0.380 e. The maximum Gasteiger partial charge on any atom is 0.0739 e. The Bertz CT molecular complexity index is 126. The number of ether oxygens (including phenoxy) is 1. The molecule has 2 nitrogen and oxygen atoms in total. The van der Waals surface area contributed by atoms with Crippen LogP contribution in [-0.4, -0.2) is 25.3 Å². The summed E-state index contributed by atoms with van der Waals surface area (Å²) < 4.78 is 5.36. The van der Waals surface area contributed by atoms with Crippen LogP contribution in [0.2, 0.25) is 0 Å². The predicted octanol–water partition coefficient (Wildman–Crippen LogP) is 0.916. The van der Waals surface area contributed by atoms with Crippen LogP contribution < -0.4 is 5.32 Å². The molecule has 2 aliphatic rings. The third kappa shape index (κ3) is 0.956. The molecule has 2 bridgehead atoms. The lowest BCUT2D eigenvalue weighted by Gasteiger charge is -2.21. The molecule has 0 radical (unpaired) electrons. The van der Waals surface area contributed by atoms with Gasteiger partial charge in [0.2, 0.25) is 0 Å². The minimum Gasteiger partial charge on any atom is -0.380 e. The Morgan fingerprint density at radius 2 is 2.30 bits per heavy atom. The van der Waals surface area contributed by atoms with E-state index in [9.17, 15) is 0 Å². The van der Waals surface area contributed by atoms with E-state index < -0.39 is 0 Å². The molecule has 2 rings (SSSR count). The molecule has 0 aromatic heterocycles. The molecule has 0 amide bonds. The zero-order chi connectivity index (χ0) is 6.97. The van der Waals surface area contributed by atoms with Crippen LogP contribution in [-0.2, 0) is 4.74 Å². The summed E-state index contributed by atoms with van der Waals surface area (Å²) in [6.45, 7) is 0. The smallest absolute Gasteiger partial charge is 0.0739 e. The lowest BCUT2D eigenvalue weighted by Crippen LogP contribution is -2.37. The second-order valence-corrected chi connectivity index (χ2v) is 3.41. The van der Waals surface area contributed by atoms with Gasteiger partial charge in [0.05, 0.1) is 6.10 Å². The first-order valence-corrected chi connectivity index (χ1v) is 4.19. The highest BCUT2D eigenvalue weighted by Crippen LogP contribution is 2.28. The van der Waals surface area contributed by atoms with Crippen molar-refractivity contribution < 1.29 is 4.74 Å². The standard InChI is InChI=1S/C8H15NO/c1-10-8-5-6-3-2-4-7(8)9-6/h6-9H,2-5H2,1H3. The molecule has 0 aliphatic carbocycles. The molecule has 2 heteroatoms. The third-order valence-electron chi connectivity index (χ3n) is 2.79. The quantitative estimate of drug-likeness (QED) is 0.586. The van der Waals surface area contributed by atoms with E-state index >= 15 is 0 Å². The minimum atomic E-state index is 0.507. The highest BCUT2D eigenvalue weighted by molar-refractivity contribution is 4.95. The molecule has 2 aliphatic heterocycles. The van der Waals surface area contributed by atoms with E-state index in [-0.39, 0.29) is 0 Å². The van der Waals surface area contributed by atoms with Crippen molar-refractivity contribution in [3.8, 4) is 0 Å². The fraction of sp³-hybridized carbons (Fsp3) is 1.00. The van der Waals surface area contributed by atoms with Crippen molar-refractivity contribution >= 4 is 0 Å². The second-order valence-electron chi connectivity index (χ2n) is 3.41. The van der Waals surface area contributed by atoms with Crippen molar-refractivity contribution in [2.24, 2.45) is 0 Å². The Morgan fingerprint density at radius 1 is 1.40 bits per heavy atom. The number of rotatable bonds is 1. The van der Waals surface area contributed by atoms with Crippen molar-refractivity contribution in [3.63, 3.8) is 0 Å². The van der Waals surface area contributed by atoms with Gasteiger partial charge in [-0.2, -0.15) is 0 Å². The Morgan fingerprint density at radius 3 is 3.00 bits per heavy atom. The molecule has 2 saturated heterocycles. The van der Waals surface area contributed by atoms with Crippen LogP contribution >= 0.6 is 0 Å². The Kier molecular flexibility index (Phi) is 1.66. The lowest BCUT2D eigenvalue weighted by atomic mass is 10.1. The van der Waals surface area contributed by atoms with Gasteiger partial charge in [0.1, 0.15) is 0 Å². The molecule has 2 heterocycles. The molecular weight excluding hydrogens is 126 g/mol. The minimum absolute atomic E-state index is 0.507. The van der Waals surface area contributed by atoms with Crippen LogP contribution in [0.25, 0.3) is 0 Å². The van der Waals surface area contributed by atoms with E-state index in [1.165, 1.54) is 25.7 Å². The van der Waals surface area contributed by atoms with Crippen LogP contribution in [0.15, 0.2) is 0 Å². The van der Waals surface area contributed by atoms with Gasteiger partial charge in [0, 0.05) is 19.2 Å². The van der Waals surface area contributed by atoms with Gasteiger partial charge in [-0.15, -0.1) is 0 Å². The van der Waals surface area contributed by atoms with Crippen LogP contribution in [0, 0.1) is 0 Å². The Balaban J connectivity index is 2.01. The molecule has 58 valence electrons. The zero-order valence-electron chi connectivity index (χ0n) is 6.47. The normalized spacial score (nSPS) is 45.9. The third-order valence-corrected chi connectivity index (χ3v) is 2.79. The first-order valence-electron chi connectivity index (χ1n) is 4.19. The van der Waals surface area contributed by atoms with Crippen LogP contribution in [0.3, 0.4) is 0 Å². The molecule has 3 atom stereocenters. The summed E-state index contributed by atoms with van der Waals surface area (Å²) in [5, 5.41) is 3.57. The Hall–Kier alpha value is -0.0800. The van der Waals surface area contributed by atoms with Gasteiger partial charge in [-0.05, 0) is 19.3 Å². The summed E-state index contributed by atoms with van der Waals surface area (Å²) in [6, 6.07) is 1.44. The first kappa shape index (κ1) is 6.62. The van der Waals surface area contributed by atoms with Crippen LogP contribution in [0.1, 0.15) is 25.7 Å². The summed E-state index contributed by atoms with van der Waals surface area (Å²) in [6.07, 6.45) is 5.81. The molecular formula is C8H15NO. The molecule has 0 saturated carbocycles. The van der Waals surface area contributed by atoms with E-state index in [1.54, 1.807) is 0 Å². The van der Waals surface area contributed by atoms with Gasteiger partial charge >= 0.3 is 0 Å². The van der Waals surface area contributed by atoms with Crippen molar-refractivity contribution in [2.45, 2.75) is 43.9 Å².